The highest BCUT2D eigenvalue weighted by Gasteiger charge is 2.42. The summed E-state index contributed by atoms with van der Waals surface area (Å²) in [5.74, 6) is 0.682. The number of nitrogens with one attached hydrogen (secondary N) is 1. The third kappa shape index (κ3) is 2.73. The molecule has 2 fully saturated rings. The maximum atomic E-state index is 5.61. The molecular weight excluding hydrogens is 224 g/mol. The summed E-state index contributed by atoms with van der Waals surface area (Å²) in [5.41, 5.74) is 0.285. The van der Waals surface area contributed by atoms with E-state index in [1.807, 2.05) is 0 Å². The lowest BCUT2D eigenvalue weighted by molar-refractivity contribution is 0.0231. The van der Waals surface area contributed by atoms with Crippen LogP contribution >= 0.6 is 0 Å². The Bertz CT molecular complexity index is 247. The summed E-state index contributed by atoms with van der Waals surface area (Å²) in [6, 6.07) is 0.558. The average molecular weight is 254 g/mol. The highest BCUT2D eigenvalue weighted by molar-refractivity contribution is 5.00. The molecule has 1 N–H and O–H groups in total. The first-order valence-electron chi connectivity index (χ1n) is 7.72. The van der Waals surface area contributed by atoms with E-state index in [2.05, 4.69) is 31.1 Å². The van der Waals surface area contributed by atoms with Gasteiger partial charge in [-0.25, -0.2) is 0 Å². The number of nitrogens with zero attached hydrogens (tertiary/aromatic N) is 1. The van der Waals surface area contributed by atoms with Crippen LogP contribution in [0.25, 0.3) is 0 Å². The molecule has 2 heterocycles. The second-order valence-corrected chi connectivity index (χ2v) is 6.15. The standard InChI is InChI=1S/C15H30N2O/c1-4-15(2,17-9-6-5-7-10-17)14(16-3)13-8-11-18-12-13/h13-14,16H,4-12H2,1-3H3. The molecule has 0 aromatic rings. The van der Waals surface area contributed by atoms with Gasteiger partial charge in [0.05, 0.1) is 6.61 Å². The van der Waals surface area contributed by atoms with Gasteiger partial charge >= 0.3 is 0 Å². The second kappa shape index (κ2) is 6.36. The van der Waals surface area contributed by atoms with Crippen molar-refractivity contribution in [2.45, 2.75) is 57.5 Å². The Morgan fingerprint density at radius 2 is 2.06 bits per heavy atom. The largest absolute Gasteiger partial charge is 0.381 e. The molecule has 0 amide bonds. The van der Waals surface area contributed by atoms with Gasteiger partial charge in [0.2, 0.25) is 0 Å². The number of rotatable bonds is 5. The molecule has 3 nitrogen and oxygen atoms in total. The Labute approximate surface area is 112 Å². The monoisotopic (exact) mass is 254 g/mol. The normalized spacial score (nSPS) is 31.2. The molecule has 2 aliphatic heterocycles. The van der Waals surface area contributed by atoms with E-state index in [0.717, 1.165) is 13.2 Å². The molecular formula is C15H30N2O. The third-order valence-corrected chi connectivity index (χ3v) is 5.21. The van der Waals surface area contributed by atoms with Crippen LogP contribution in [0.1, 0.15) is 46.0 Å². The van der Waals surface area contributed by atoms with Crippen molar-refractivity contribution in [2.75, 3.05) is 33.4 Å². The first-order chi connectivity index (χ1) is 8.72. The van der Waals surface area contributed by atoms with Crippen LogP contribution < -0.4 is 5.32 Å². The van der Waals surface area contributed by atoms with Crippen LogP contribution in [0.3, 0.4) is 0 Å². The lowest BCUT2D eigenvalue weighted by atomic mass is 9.78. The van der Waals surface area contributed by atoms with Crippen molar-refractivity contribution < 1.29 is 4.74 Å². The number of hydrogen-bond acceptors (Lipinski definition) is 3. The second-order valence-electron chi connectivity index (χ2n) is 6.15. The summed E-state index contributed by atoms with van der Waals surface area (Å²) in [7, 11) is 2.13. The Hall–Kier alpha value is -0.120. The van der Waals surface area contributed by atoms with Crippen LogP contribution in [0.2, 0.25) is 0 Å². The fraction of sp³-hybridized carbons (Fsp3) is 1.00. The van der Waals surface area contributed by atoms with Gasteiger partial charge in [-0.3, -0.25) is 4.90 Å². The number of hydrogen-bond donors (Lipinski definition) is 1. The quantitative estimate of drug-likeness (QED) is 0.814. The minimum Gasteiger partial charge on any atom is -0.381 e. The Morgan fingerprint density at radius 3 is 2.56 bits per heavy atom. The van der Waals surface area contributed by atoms with E-state index in [1.54, 1.807) is 0 Å². The van der Waals surface area contributed by atoms with E-state index < -0.39 is 0 Å². The molecule has 2 rings (SSSR count). The van der Waals surface area contributed by atoms with Crippen LogP contribution in [-0.2, 0) is 4.74 Å². The van der Waals surface area contributed by atoms with E-state index in [0.29, 0.717) is 12.0 Å². The summed E-state index contributed by atoms with van der Waals surface area (Å²) in [5, 5.41) is 3.61. The summed E-state index contributed by atoms with van der Waals surface area (Å²) >= 11 is 0. The summed E-state index contributed by atoms with van der Waals surface area (Å²) in [6.45, 7) is 9.23. The maximum absolute atomic E-state index is 5.61. The van der Waals surface area contributed by atoms with Crippen molar-refractivity contribution in [3.8, 4) is 0 Å². The van der Waals surface area contributed by atoms with Gasteiger partial charge in [-0.15, -0.1) is 0 Å². The molecule has 0 saturated carbocycles. The molecule has 2 aliphatic rings. The van der Waals surface area contributed by atoms with Crippen LogP contribution in [-0.4, -0.2) is 49.8 Å². The van der Waals surface area contributed by atoms with Crippen molar-refractivity contribution in [1.29, 1.82) is 0 Å². The van der Waals surface area contributed by atoms with Crippen molar-refractivity contribution in [1.82, 2.24) is 10.2 Å². The third-order valence-electron chi connectivity index (χ3n) is 5.21. The average Bonchev–Trinajstić information content (AvgIpc) is 2.94. The van der Waals surface area contributed by atoms with Crippen LogP contribution in [0.15, 0.2) is 0 Å². The summed E-state index contributed by atoms with van der Waals surface area (Å²) in [4.78, 5) is 2.73. The maximum Gasteiger partial charge on any atom is 0.0510 e. The van der Waals surface area contributed by atoms with Gasteiger partial charge in [-0.1, -0.05) is 13.3 Å². The SMILES string of the molecule is CCC(C)(C(NC)C1CCOC1)N1CCCCC1. The van der Waals surface area contributed by atoms with Crippen molar-refractivity contribution in [3.05, 3.63) is 0 Å². The minimum absolute atomic E-state index is 0.285. The zero-order valence-electron chi connectivity index (χ0n) is 12.4. The summed E-state index contributed by atoms with van der Waals surface area (Å²) < 4.78 is 5.61. The molecule has 0 radical (unpaired) electrons. The lowest BCUT2D eigenvalue weighted by Gasteiger charge is -2.49. The van der Waals surface area contributed by atoms with Crippen LogP contribution in [0, 0.1) is 5.92 Å². The first kappa shape index (κ1) is 14.3. The molecule has 3 atom stereocenters. The number of ether oxygens (including phenoxy) is 1. The Balaban J connectivity index is 2.11. The minimum atomic E-state index is 0.285. The molecule has 106 valence electrons. The first-order valence-corrected chi connectivity index (χ1v) is 7.72. The van der Waals surface area contributed by atoms with Gasteiger partial charge in [0, 0.05) is 24.1 Å². The molecule has 0 bridgehead atoms. The van der Waals surface area contributed by atoms with Crippen LogP contribution in [0.5, 0.6) is 0 Å². The smallest absolute Gasteiger partial charge is 0.0510 e. The molecule has 18 heavy (non-hydrogen) atoms. The van der Waals surface area contributed by atoms with E-state index in [1.165, 1.54) is 45.2 Å². The lowest BCUT2D eigenvalue weighted by Crippen LogP contribution is -2.62. The van der Waals surface area contributed by atoms with Gasteiger partial charge in [0.1, 0.15) is 0 Å². The predicted molar refractivity (Wildman–Crippen MR) is 75.9 cm³/mol. The molecule has 3 heteroatoms. The number of piperidine rings is 1. The number of likely N-dealkylation sites (tertiary alicyclic amines) is 1. The fourth-order valence-corrected chi connectivity index (χ4v) is 3.92. The van der Waals surface area contributed by atoms with Crippen molar-refractivity contribution in [2.24, 2.45) is 5.92 Å². The predicted octanol–water partition coefficient (Wildman–Crippen LogP) is 2.27. The molecule has 2 saturated heterocycles. The highest BCUT2D eigenvalue weighted by Crippen LogP contribution is 2.33. The molecule has 0 spiro atoms. The molecule has 3 unspecified atom stereocenters. The number of likely N-dealkylation sites (N-methyl/N-ethyl adjacent to an activating group) is 1. The van der Waals surface area contributed by atoms with E-state index in [-0.39, 0.29) is 5.54 Å². The zero-order valence-corrected chi connectivity index (χ0v) is 12.4. The van der Waals surface area contributed by atoms with Crippen molar-refractivity contribution in [3.63, 3.8) is 0 Å². The van der Waals surface area contributed by atoms with Gasteiger partial charge in [-0.2, -0.15) is 0 Å². The highest BCUT2D eigenvalue weighted by atomic mass is 16.5. The summed E-state index contributed by atoms with van der Waals surface area (Å²) in [6.07, 6.45) is 6.58. The van der Waals surface area contributed by atoms with Crippen LogP contribution in [0.4, 0.5) is 0 Å². The molecule has 0 aliphatic carbocycles. The van der Waals surface area contributed by atoms with Gasteiger partial charge < -0.3 is 10.1 Å². The topological polar surface area (TPSA) is 24.5 Å². The van der Waals surface area contributed by atoms with Crippen molar-refractivity contribution >= 4 is 0 Å². The fourth-order valence-electron chi connectivity index (χ4n) is 3.92. The van der Waals surface area contributed by atoms with E-state index in [4.69, 9.17) is 4.74 Å². The van der Waals surface area contributed by atoms with Gasteiger partial charge in [0.15, 0.2) is 0 Å². The zero-order chi connectivity index (χ0) is 13.0. The van der Waals surface area contributed by atoms with E-state index >= 15 is 0 Å². The molecule has 0 aromatic heterocycles. The Morgan fingerprint density at radius 1 is 1.33 bits per heavy atom. The van der Waals surface area contributed by atoms with Gasteiger partial charge in [0.25, 0.3) is 0 Å². The van der Waals surface area contributed by atoms with E-state index in [9.17, 15) is 0 Å². The molecule has 0 aromatic carbocycles. The van der Waals surface area contributed by atoms with Gasteiger partial charge in [-0.05, 0) is 52.7 Å². The Kier molecular flexibility index (Phi) is 5.05.